The number of thiophene rings is 1. The van der Waals surface area contributed by atoms with Gasteiger partial charge >= 0.3 is 0 Å². The van der Waals surface area contributed by atoms with Crippen LogP contribution in [0.25, 0.3) is 10.2 Å². The molecule has 0 bridgehead atoms. The number of hydrogen-bond donors (Lipinski definition) is 1. The predicted molar refractivity (Wildman–Crippen MR) is 114 cm³/mol. The molecule has 1 aliphatic heterocycles. The second kappa shape index (κ2) is 8.60. The summed E-state index contributed by atoms with van der Waals surface area (Å²) < 4.78 is 38.2. The number of ether oxygens (including phenoxy) is 2. The number of aryl methyl sites for hydroxylation is 1. The van der Waals surface area contributed by atoms with Crippen molar-refractivity contribution in [2.24, 2.45) is 5.73 Å². The van der Waals surface area contributed by atoms with Gasteiger partial charge in [-0.3, -0.25) is 9.69 Å². The first-order valence-corrected chi connectivity index (χ1v) is 11.8. The van der Waals surface area contributed by atoms with Gasteiger partial charge in [-0.25, -0.2) is 13.8 Å². The van der Waals surface area contributed by atoms with Crippen LogP contribution in [0.2, 0.25) is 0 Å². The Balaban J connectivity index is 1.29. The average Bonchev–Trinajstić information content (AvgIpc) is 3.27. The quantitative estimate of drug-likeness (QED) is 0.748. The van der Waals surface area contributed by atoms with Gasteiger partial charge in [0.25, 0.3) is 0 Å². The number of pyridine rings is 1. The first-order valence-electron chi connectivity index (χ1n) is 11.0. The normalized spacial score (nSPS) is 31.6. The molecule has 2 aromatic rings. The molecule has 1 amide bonds. The van der Waals surface area contributed by atoms with E-state index in [9.17, 15) is 13.6 Å². The van der Waals surface area contributed by atoms with Crippen LogP contribution in [-0.2, 0) is 16.0 Å². The van der Waals surface area contributed by atoms with Crippen molar-refractivity contribution in [2.75, 3.05) is 13.1 Å². The number of nitrogens with two attached hydrogens (primary N) is 1. The fraction of sp³-hybridized carbons (Fsp3) is 0.636. The van der Waals surface area contributed by atoms with Crippen LogP contribution < -0.4 is 10.5 Å². The van der Waals surface area contributed by atoms with E-state index >= 15 is 0 Å². The topological polar surface area (TPSA) is 77.7 Å². The molecule has 1 saturated heterocycles. The molecule has 0 radical (unpaired) electrons. The predicted octanol–water partition coefficient (Wildman–Crippen LogP) is 3.81. The van der Waals surface area contributed by atoms with Crippen molar-refractivity contribution in [3.8, 4) is 5.75 Å². The Morgan fingerprint density at radius 3 is 2.68 bits per heavy atom. The first-order chi connectivity index (χ1) is 15.0. The second-order valence-electron chi connectivity index (χ2n) is 8.79. The van der Waals surface area contributed by atoms with E-state index < -0.39 is 12.7 Å². The highest BCUT2D eigenvalue weighted by atomic mass is 32.1. The number of alkyl halides is 2. The van der Waals surface area contributed by atoms with Crippen LogP contribution in [0.4, 0.5) is 8.78 Å². The second-order valence-corrected chi connectivity index (χ2v) is 9.88. The zero-order chi connectivity index (χ0) is 21.5. The molecule has 5 rings (SSSR count). The Labute approximate surface area is 183 Å². The zero-order valence-electron chi connectivity index (χ0n) is 17.3. The number of fused-ring (bicyclic) bond motifs is 3. The van der Waals surface area contributed by atoms with Gasteiger partial charge in [0.05, 0.1) is 24.6 Å². The lowest BCUT2D eigenvalue weighted by atomic mass is 9.91. The number of carbonyl (C=O) groups excluding carboxylic acids is 1. The van der Waals surface area contributed by atoms with Gasteiger partial charge < -0.3 is 15.2 Å². The van der Waals surface area contributed by atoms with Gasteiger partial charge in [-0.05, 0) is 56.1 Å². The minimum atomic E-state index is -1.56. The maximum atomic E-state index is 13.6. The third-order valence-electron chi connectivity index (χ3n) is 6.75. The minimum absolute atomic E-state index is 0.0526. The molecular formula is C22H27F2N3O3S. The van der Waals surface area contributed by atoms with Gasteiger partial charge in [0.1, 0.15) is 10.6 Å². The molecule has 0 aromatic carbocycles. The maximum absolute atomic E-state index is 13.6. The third-order valence-corrected chi connectivity index (χ3v) is 7.92. The molecule has 2 fully saturated rings. The Kier molecular flexibility index (Phi) is 5.83. The fourth-order valence-corrected chi connectivity index (χ4v) is 6.63. The van der Waals surface area contributed by atoms with Crippen LogP contribution in [0.3, 0.4) is 0 Å². The summed E-state index contributed by atoms with van der Waals surface area (Å²) in [7, 11) is 0. The van der Waals surface area contributed by atoms with Gasteiger partial charge in [0, 0.05) is 23.5 Å². The fourth-order valence-electron chi connectivity index (χ4n) is 5.37. The van der Waals surface area contributed by atoms with Gasteiger partial charge in [-0.15, -0.1) is 11.3 Å². The lowest BCUT2D eigenvalue weighted by molar-refractivity contribution is -0.197. The number of primary amides is 1. The molecule has 6 nitrogen and oxygen atoms in total. The Bertz CT molecular complexity index is 953. The summed E-state index contributed by atoms with van der Waals surface area (Å²) in [5, 5.41) is 1.03. The van der Waals surface area contributed by atoms with Crippen LogP contribution >= 0.6 is 11.3 Å². The van der Waals surface area contributed by atoms with Crippen LogP contribution in [0.1, 0.15) is 54.9 Å². The summed E-state index contributed by atoms with van der Waals surface area (Å²) in [6, 6.07) is 2.06. The molecule has 2 aromatic heterocycles. The SMILES string of the molecule is NC(=O)C[C@H]1CCc2sc3nccc(OC4CCC(N5C[C@@H](F)O[C@@H](F)C5)CC4)c3c21. The summed E-state index contributed by atoms with van der Waals surface area (Å²) in [5.74, 6) is 0.671. The molecule has 0 unspecified atom stereocenters. The van der Waals surface area contributed by atoms with Crippen molar-refractivity contribution in [1.29, 1.82) is 0 Å². The highest BCUT2D eigenvalue weighted by Crippen LogP contribution is 2.48. The van der Waals surface area contributed by atoms with Crippen molar-refractivity contribution in [3.63, 3.8) is 0 Å². The summed E-state index contributed by atoms with van der Waals surface area (Å²) in [6.07, 6.45) is 4.28. The van der Waals surface area contributed by atoms with E-state index in [1.54, 1.807) is 17.5 Å². The average molecular weight is 452 g/mol. The first kappa shape index (κ1) is 21.0. The van der Waals surface area contributed by atoms with Gasteiger partial charge in [0.15, 0.2) is 0 Å². The van der Waals surface area contributed by atoms with Gasteiger partial charge in [-0.1, -0.05) is 0 Å². The van der Waals surface area contributed by atoms with E-state index in [4.69, 9.17) is 10.5 Å². The summed E-state index contributed by atoms with van der Waals surface area (Å²) in [4.78, 5) is 20.2. The lowest BCUT2D eigenvalue weighted by Gasteiger charge is -2.40. The Morgan fingerprint density at radius 2 is 1.97 bits per heavy atom. The molecule has 168 valence electrons. The number of rotatable bonds is 5. The monoisotopic (exact) mass is 451 g/mol. The van der Waals surface area contributed by atoms with Crippen LogP contribution in [0, 0.1) is 0 Å². The largest absolute Gasteiger partial charge is 0.490 e. The number of aromatic nitrogens is 1. The Morgan fingerprint density at radius 1 is 1.23 bits per heavy atom. The molecule has 3 heterocycles. The summed E-state index contributed by atoms with van der Waals surface area (Å²) in [5.41, 5.74) is 6.67. The smallest absolute Gasteiger partial charge is 0.218 e. The van der Waals surface area contributed by atoms with E-state index in [1.165, 1.54) is 10.4 Å². The zero-order valence-corrected chi connectivity index (χ0v) is 18.1. The van der Waals surface area contributed by atoms with Gasteiger partial charge in [0.2, 0.25) is 18.6 Å². The minimum Gasteiger partial charge on any atom is -0.490 e. The molecule has 9 heteroatoms. The summed E-state index contributed by atoms with van der Waals surface area (Å²) >= 11 is 1.68. The van der Waals surface area contributed by atoms with Crippen molar-refractivity contribution < 1.29 is 23.0 Å². The number of halogens is 2. The van der Waals surface area contributed by atoms with E-state index in [0.717, 1.165) is 54.5 Å². The van der Waals surface area contributed by atoms with Crippen LogP contribution in [0.5, 0.6) is 5.75 Å². The van der Waals surface area contributed by atoms with E-state index in [0.29, 0.717) is 6.42 Å². The number of nitrogens with zero attached hydrogens (tertiary/aromatic N) is 2. The maximum Gasteiger partial charge on any atom is 0.218 e. The molecule has 2 aliphatic carbocycles. The van der Waals surface area contributed by atoms with E-state index in [-0.39, 0.29) is 37.1 Å². The number of carbonyl (C=O) groups is 1. The number of morpholine rings is 1. The van der Waals surface area contributed by atoms with Crippen LogP contribution in [0.15, 0.2) is 12.3 Å². The molecule has 3 atom stereocenters. The lowest BCUT2D eigenvalue weighted by Crippen LogP contribution is -2.50. The molecule has 3 aliphatic rings. The number of amides is 1. The third kappa shape index (κ3) is 4.27. The van der Waals surface area contributed by atoms with E-state index in [2.05, 4.69) is 9.72 Å². The molecule has 0 spiro atoms. The summed E-state index contributed by atoms with van der Waals surface area (Å²) in [6.45, 7) is 0.258. The van der Waals surface area contributed by atoms with Crippen molar-refractivity contribution in [2.45, 2.75) is 75.7 Å². The molecular weight excluding hydrogens is 424 g/mol. The molecule has 1 saturated carbocycles. The highest BCUT2D eigenvalue weighted by molar-refractivity contribution is 7.19. The Hall–Kier alpha value is -1.84. The van der Waals surface area contributed by atoms with Gasteiger partial charge in [-0.2, -0.15) is 0 Å². The van der Waals surface area contributed by atoms with Crippen molar-refractivity contribution in [1.82, 2.24) is 9.88 Å². The number of hydrogen-bond acceptors (Lipinski definition) is 6. The molecule has 2 N–H and O–H groups in total. The van der Waals surface area contributed by atoms with Crippen molar-refractivity contribution in [3.05, 3.63) is 22.7 Å². The highest BCUT2D eigenvalue weighted by Gasteiger charge is 2.35. The van der Waals surface area contributed by atoms with Crippen LogP contribution in [-0.4, -0.2) is 53.7 Å². The standard InChI is InChI=1S/C22H27F2N3O3S/c23-17-10-27(11-18(24)30-17)13-2-4-14(5-3-13)29-15-7-8-26-22-21(15)20-12(9-19(25)28)1-6-16(20)31-22/h7-8,12-14,17-18H,1-6,9-11H2,(H2,25,28)/t12-,13?,14?,17-,18+/m1/s1. The van der Waals surface area contributed by atoms with Crippen molar-refractivity contribution >= 4 is 27.5 Å². The molecule has 31 heavy (non-hydrogen) atoms. The van der Waals surface area contributed by atoms with E-state index in [1.807, 2.05) is 11.0 Å².